The zero-order chi connectivity index (χ0) is 17.8. The fourth-order valence-electron chi connectivity index (χ4n) is 2.62. The van der Waals surface area contributed by atoms with Crippen LogP contribution in [0.5, 0.6) is 0 Å². The number of pyridine rings is 1. The highest BCUT2D eigenvalue weighted by Crippen LogP contribution is 2.27. The third-order valence-corrected chi connectivity index (χ3v) is 3.85. The summed E-state index contributed by atoms with van der Waals surface area (Å²) in [5.74, 6) is -0.445. The van der Waals surface area contributed by atoms with E-state index in [1.54, 1.807) is 31.0 Å². The molecule has 0 radical (unpaired) electrons. The maximum Gasteiger partial charge on any atom is 0.341 e. The van der Waals surface area contributed by atoms with E-state index < -0.39 is 12.1 Å². The minimum Gasteiger partial charge on any atom is -0.462 e. The molecule has 3 aromatic rings. The Kier molecular flexibility index (Phi) is 4.95. The zero-order valence-corrected chi connectivity index (χ0v) is 14.1. The van der Waals surface area contributed by atoms with Crippen LogP contribution in [0.4, 0.5) is 5.69 Å². The van der Waals surface area contributed by atoms with Crippen molar-refractivity contribution in [3.8, 4) is 0 Å². The van der Waals surface area contributed by atoms with E-state index in [4.69, 9.17) is 4.74 Å². The van der Waals surface area contributed by atoms with E-state index in [0.29, 0.717) is 16.8 Å². The molecule has 7 nitrogen and oxygen atoms in total. The average molecular weight is 340 g/mol. The number of aryl methyl sites for hydroxylation is 1. The van der Waals surface area contributed by atoms with Crippen LogP contribution < -0.4 is 5.32 Å². The van der Waals surface area contributed by atoms with Gasteiger partial charge in [-0.1, -0.05) is 18.2 Å². The second-order valence-electron chi connectivity index (χ2n) is 5.63. The number of anilines is 1. The lowest BCUT2D eigenvalue weighted by atomic mass is 10.1. The van der Waals surface area contributed by atoms with Crippen molar-refractivity contribution in [2.45, 2.75) is 13.0 Å². The third-order valence-electron chi connectivity index (χ3n) is 3.85. The van der Waals surface area contributed by atoms with Gasteiger partial charge >= 0.3 is 5.97 Å². The van der Waals surface area contributed by atoms with Crippen LogP contribution in [0.1, 0.15) is 28.9 Å². The number of rotatable bonds is 6. The van der Waals surface area contributed by atoms with Gasteiger partial charge in [-0.3, -0.25) is 9.67 Å². The van der Waals surface area contributed by atoms with Crippen molar-refractivity contribution < 1.29 is 14.6 Å². The maximum atomic E-state index is 12.2. The van der Waals surface area contributed by atoms with E-state index in [1.165, 1.54) is 6.20 Å². The Morgan fingerprint density at radius 3 is 2.88 bits per heavy atom. The average Bonchev–Trinajstić information content (AvgIpc) is 3.06. The molecule has 130 valence electrons. The van der Waals surface area contributed by atoms with Gasteiger partial charge in [0.1, 0.15) is 5.56 Å². The van der Waals surface area contributed by atoms with Crippen LogP contribution >= 0.6 is 0 Å². The van der Waals surface area contributed by atoms with Crippen molar-refractivity contribution >= 4 is 22.6 Å². The highest BCUT2D eigenvalue weighted by molar-refractivity contribution is 6.04. The lowest BCUT2D eigenvalue weighted by molar-refractivity contribution is 0.0527. The van der Waals surface area contributed by atoms with Crippen molar-refractivity contribution in [3.05, 3.63) is 54.0 Å². The number of carbonyl (C=O) groups excluding carboxylic acids is 1. The van der Waals surface area contributed by atoms with E-state index in [9.17, 15) is 9.90 Å². The number of benzene rings is 1. The van der Waals surface area contributed by atoms with Gasteiger partial charge in [0.15, 0.2) is 0 Å². The second-order valence-corrected chi connectivity index (χ2v) is 5.63. The molecule has 0 aliphatic rings. The molecule has 2 aromatic heterocycles. The lowest BCUT2D eigenvalue weighted by Gasteiger charge is -2.16. The minimum atomic E-state index is -0.754. The molecule has 1 aromatic carbocycles. The first-order valence-corrected chi connectivity index (χ1v) is 8.05. The molecule has 25 heavy (non-hydrogen) atoms. The van der Waals surface area contributed by atoms with E-state index in [1.807, 2.05) is 24.3 Å². The molecule has 1 unspecified atom stereocenters. The molecule has 3 rings (SSSR count). The van der Waals surface area contributed by atoms with Crippen LogP contribution in [-0.4, -0.2) is 39.0 Å². The van der Waals surface area contributed by atoms with Crippen molar-refractivity contribution in [1.82, 2.24) is 14.8 Å². The summed E-state index contributed by atoms with van der Waals surface area (Å²) < 4.78 is 6.75. The molecule has 0 aliphatic carbocycles. The smallest absolute Gasteiger partial charge is 0.341 e. The topological polar surface area (TPSA) is 89.3 Å². The molecular formula is C18H20N4O3. The van der Waals surface area contributed by atoms with Gasteiger partial charge in [-0.2, -0.15) is 5.10 Å². The third kappa shape index (κ3) is 3.61. The standard InChI is InChI=1S/C18H20N4O3/c1-3-25-18(24)14-9-19-15-7-5-4-6-13(15)17(14)20-10-16(23)12-8-21-22(2)11-12/h4-9,11,16,23H,3,10H2,1-2H3,(H,19,20). The summed E-state index contributed by atoms with van der Waals surface area (Å²) in [5.41, 5.74) is 2.41. The quantitative estimate of drug-likeness (QED) is 0.669. The normalized spacial score (nSPS) is 12.1. The molecule has 0 saturated carbocycles. The molecule has 0 amide bonds. The number of aromatic nitrogens is 3. The van der Waals surface area contributed by atoms with Crippen molar-refractivity contribution in [3.63, 3.8) is 0 Å². The fraction of sp³-hybridized carbons (Fsp3) is 0.278. The summed E-state index contributed by atoms with van der Waals surface area (Å²) in [6.45, 7) is 2.27. The first-order chi connectivity index (χ1) is 12.1. The number of esters is 1. The van der Waals surface area contributed by atoms with Gasteiger partial charge < -0.3 is 15.2 Å². The van der Waals surface area contributed by atoms with Gasteiger partial charge in [-0.25, -0.2) is 4.79 Å². The van der Waals surface area contributed by atoms with Gasteiger partial charge in [0.2, 0.25) is 0 Å². The predicted octanol–water partition coefficient (Wildman–Crippen LogP) is 2.29. The molecular weight excluding hydrogens is 320 g/mol. The Hall–Kier alpha value is -2.93. The van der Waals surface area contributed by atoms with E-state index in [-0.39, 0.29) is 13.2 Å². The molecule has 2 heterocycles. The van der Waals surface area contributed by atoms with Crippen LogP contribution in [-0.2, 0) is 11.8 Å². The van der Waals surface area contributed by atoms with Gasteiger partial charge in [-0.15, -0.1) is 0 Å². The van der Waals surface area contributed by atoms with Crippen LogP contribution in [0.2, 0.25) is 0 Å². The number of nitrogens with one attached hydrogen (secondary N) is 1. The highest BCUT2D eigenvalue weighted by Gasteiger charge is 2.18. The Morgan fingerprint density at radius 1 is 1.36 bits per heavy atom. The number of carbonyl (C=O) groups is 1. The summed E-state index contributed by atoms with van der Waals surface area (Å²) in [7, 11) is 1.79. The number of ether oxygens (including phenoxy) is 1. The van der Waals surface area contributed by atoms with Gasteiger partial charge in [0.25, 0.3) is 0 Å². The SMILES string of the molecule is CCOC(=O)c1cnc2ccccc2c1NCC(O)c1cnn(C)c1. The number of aliphatic hydroxyl groups is 1. The van der Waals surface area contributed by atoms with Crippen molar-refractivity contribution in [2.24, 2.45) is 7.05 Å². The van der Waals surface area contributed by atoms with Crippen molar-refractivity contribution in [2.75, 3.05) is 18.5 Å². The monoisotopic (exact) mass is 340 g/mol. The Bertz CT molecular complexity index is 891. The first kappa shape index (κ1) is 16.9. The highest BCUT2D eigenvalue weighted by atomic mass is 16.5. The summed E-state index contributed by atoms with van der Waals surface area (Å²) in [4.78, 5) is 16.6. The zero-order valence-electron chi connectivity index (χ0n) is 14.1. The van der Waals surface area contributed by atoms with Crippen LogP contribution in [0.15, 0.2) is 42.9 Å². The summed E-state index contributed by atoms with van der Waals surface area (Å²) in [6.07, 6.45) is 4.11. The van der Waals surface area contributed by atoms with Crippen molar-refractivity contribution in [1.29, 1.82) is 0 Å². The first-order valence-electron chi connectivity index (χ1n) is 8.05. The van der Waals surface area contributed by atoms with E-state index in [2.05, 4.69) is 15.4 Å². The number of fused-ring (bicyclic) bond motifs is 1. The molecule has 0 bridgehead atoms. The Morgan fingerprint density at radius 2 is 2.16 bits per heavy atom. The number of para-hydroxylation sites is 1. The van der Waals surface area contributed by atoms with Gasteiger partial charge in [0, 0.05) is 36.9 Å². The number of aliphatic hydroxyl groups excluding tert-OH is 1. The number of hydrogen-bond donors (Lipinski definition) is 2. The fourth-order valence-corrected chi connectivity index (χ4v) is 2.62. The molecule has 2 N–H and O–H groups in total. The van der Waals surface area contributed by atoms with Crippen LogP contribution in [0, 0.1) is 0 Å². The molecule has 0 fully saturated rings. The number of nitrogens with zero attached hydrogens (tertiary/aromatic N) is 3. The molecule has 0 saturated heterocycles. The molecule has 0 aliphatic heterocycles. The van der Waals surface area contributed by atoms with Gasteiger partial charge in [0.05, 0.1) is 30.1 Å². The minimum absolute atomic E-state index is 0.228. The summed E-state index contributed by atoms with van der Waals surface area (Å²) in [5, 5.41) is 18.4. The van der Waals surface area contributed by atoms with Gasteiger partial charge in [-0.05, 0) is 13.0 Å². The Balaban J connectivity index is 1.92. The molecule has 1 atom stereocenters. The van der Waals surface area contributed by atoms with Crippen LogP contribution in [0.25, 0.3) is 10.9 Å². The second kappa shape index (κ2) is 7.31. The Labute approximate surface area is 145 Å². The summed E-state index contributed by atoms with van der Waals surface area (Å²) >= 11 is 0. The van der Waals surface area contributed by atoms with E-state index >= 15 is 0 Å². The van der Waals surface area contributed by atoms with E-state index in [0.717, 1.165) is 10.9 Å². The largest absolute Gasteiger partial charge is 0.462 e. The summed E-state index contributed by atoms with van der Waals surface area (Å²) in [6, 6.07) is 7.51. The number of hydrogen-bond acceptors (Lipinski definition) is 6. The molecule has 0 spiro atoms. The maximum absolute atomic E-state index is 12.2. The predicted molar refractivity (Wildman–Crippen MR) is 94.4 cm³/mol. The lowest BCUT2D eigenvalue weighted by Crippen LogP contribution is -2.16. The molecule has 7 heteroatoms. The van der Waals surface area contributed by atoms with Crippen LogP contribution in [0.3, 0.4) is 0 Å².